The molecular weight excluding hydrogens is 361 g/mol. The van der Waals surface area contributed by atoms with Gasteiger partial charge in [-0.15, -0.1) is 0 Å². The summed E-state index contributed by atoms with van der Waals surface area (Å²) >= 11 is 5.58. The van der Waals surface area contributed by atoms with Gasteiger partial charge in [-0.3, -0.25) is 4.98 Å². The highest BCUT2D eigenvalue weighted by Crippen LogP contribution is 2.40. The molecule has 0 saturated carbocycles. The van der Waals surface area contributed by atoms with Gasteiger partial charge in [0.15, 0.2) is 5.11 Å². The van der Waals surface area contributed by atoms with E-state index in [1.54, 1.807) is 18.3 Å². The fourth-order valence-electron chi connectivity index (χ4n) is 3.48. The molecule has 3 aromatic rings. The molecule has 2 aromatic heterocycles. The number of hydrogen-bond acceptors (Lipinski definition) is 3. The van der Waals surface area contributed by atoms with E-state index in [9.17, 15) is 4.39 Å². The zero-order valence-electron chi connectivity index (χ0n) is 14.9. The third-order valence-corrected chi connectivity index (χ3v) is 5.06. The molecular formula is C21H20FN3OS. The molecule has 1 aliphatic heterocycles. The van der Waals surface area contributed by atoms with E-state index in [0.29, 0.717) is 10.9 Å². The minimum absolute atomic E-state index is 0.0819. The van der Waals surface area contributed by atoms with Gasteiger partial charge in [-0.2, -0.15) is 0 Å². The summed E-state index contributed by atoms with van der Waals surface area (Å²) in [7, 11) is 0. The SMILES string of the molecule is CCCN1C(=S)N[C@@H](c2ccccn2)[C@@H]1c1ccc(-c2ccc(F)cc2)o1. The Kier molecular flexibility index (Phi) is 4.90. The predicted molar refractivity (Wildman–Crippen MR) is 107 cm³/mol. The summed E-state index contributed by atoms with van der Waals surface area (Å²) in [6.07, 6.45) is 2.75. The molecule has 4 nitrogen and oxygen atoms in total. The normalized spacial score (nSPS) is 19.3. The highest BCUT2D eigenvalue weighted by Gasteiger charge is 2.41. The average Bonchev–Trinajstić information content (AvgIpc) is 3.29. The van der Waals surface area contributed by atoms with Crippen LogP contribution in [0.1, 0.15) is 36.9 Å². The van der Waals surface area contributed by atoms with E-state index in [2.05, 4.69) is 22.1 Å². The van der Waals surface area contributed by atoms with Crippen LogP contribution in [0.3, 0.4) is 0 Å². The fraction of sp³-hybridized carbons (Fsp3) is 0.238. The summed E-state index contributed by atoms with van der Waals surface area (Å²) < 4.78 is 19.4. The molecule has 0 aliphatic carbocycles. The van der Waals surface area contributed by atoms with E-state index in [0.717, 1.165) is 30.0 Å². The molecule has 1 fully saturated rings. The molecule has 0 unspecified atom stereocenters. The second-order valence-electron chi connectivity index (χ2n) is 6.53. The van der Waals surface area contributed by atoms with E-state index in [4.69, 9.17) is 16.6 Å². The Balaban J connectivity index is 1.71. The number of furan rings is 1. The molecule has 0 spiro atoms. The van der Waals surface area contributed by atoms with Crippen LogP contribution in [0.15, 0.2) is 65.2 Å². The van der Waals surface area contributed by atoms with Gasteiger partial charge in [-0.05, 0) is 67.2 Å². The van der Waals surface area contributed by atoms with E-state index >= 15 is 0 Å². The Morgan fingerprint density at radius 3 is 2.67 bits per heavy atom. The average molecular weight is 381 g/mol. The van der Waals surface area contributed by atoms with Crippen molar-refractivity contribution >= 4 is 17.3 Å². The lowest BCUT2D eigenvalue weighted by atomic mass is 10.0. The van der Waals surface area contributed by atoms with Crippen molar-refractivity contribution in [1.82, 2.24) is 15.2 Å². The molecule has 2 atom stereocenters. The molecule has 1 saturated heterocycles. The molecule has 6 heteroatoms. The third kappa shape index (κ3) is 3.45. The minimum atomic E-state index is -0.264. The van der Waals surface area contributed by atoms with Gasteiger partial charge in [-0.25, -0.2) is 4.39 Å². The summed E-state index contributed by atoms with van der Waals surface area (Å²) in [6.45, 7) is 2.95. The highest BCUT2D eigenvalue weighted by atomic mass is 32.1. The maximum absolute atomic E-state index is 13.2. The van der Waals surface area contributed by atoms with Gasteiger partial charge in [0.2, 0.25) is 0 Å². The lowest BCUT2D eigenvalue weighted by Crippen LogP contribution is -2.30. The summed E-state index contributed by atoms with van der Waals surface area (Å²) in [5.41, 5.74) is 1.76. The van der Waals surface area contributed by atoms with Crippen molar-refractivity contribution in [2.24, 2.45) is 0 Å². The topological polar surface area (TPSA) is 41.3 Å². The molecule has 0 radical (unpaired) electrons. The number of nitrogens with one attached hydrogen (secondary N) is 1. The number of rotatable bonds is 5. The first kappa shape index (κ1) is 17.7. The quantitative estimate of drug-likeness (QED) is 0.639. The van der Waals surface area contributed by atoms with Crippen LogP contribution < -0.4 is 5.32 Å². The maximum Gasteiger partial charge on any atom is 0.170 e. The van der Waals surface area contributed by atoms with Crippen molar-refractivity contribution in [1.29, 1.82) is 0 Å². The van der Waals surface area contributed by atoms with Crippen molar-refractivity contribution in [3.63, 3.8) is 0 Å². The van der Waals surface area contributed by atoms with Gasteiger partial charge in [0.05, 0.1) is 11.7 Å². The van der Waals surface area contributed by atoms with Crippen molar-refractivity contribution < 1.29 is 8.81 Å². The Labute approximate surface area is 163 Å². The second-order valence-corrected chi connectivity index (χ2v) is 6.92. The van der Waals surface area contributed by atoms with Crippen LogP contribution in [-0.4, -0.2) is 21.5 Å². The largest absolute Gasteiger partial charge is 0.459 e. The molecule has 4 rings (SSSR count). The molecule has 27 heavy (non-hydrogen) atoms. The van der Waals surface area contributed by atoms with Crippen LogP contribution in [0, 0.1) is 5.82 Å². The number of benzene rings is 1. The van der Waals surface area contributed by atoms with Gasteiger partial charge in [0.1, 0.15) is 23.4 Å². The van der Waals surface area contributed by atoms with Crippen LogP contribution in [-0.2, 0) is 0 Å². The number of hydrogen-bond donors (Lipinski definition) is 1. The lowest BCUT2D eigenvalue weighted by Gasteiger charge is -2.25. The van der Waals surface area contributed by atoms with Crippen LogP contribution in [0.25, 0.3) is 11.3 Å². The lowest BCUT2D eigenvalue weighted by molar-refractivity contribution is 0.275. The number of nitrogens with zero attached hydrogens (tertiary/aromatic N) is 2. The standard InChI is InChI=1S/C21H20FN3OS/c1-2-13-25-20(19(24-21(25)27)16-5-3-4-12-23-16)18-11-10-17(26-18)14-6-8-15(22)9-7-14/h3-12,19-20H,2,13H2,1H3,(H,24,27)/t19-,20-/m0/s1. The van der Waals surface area contributed by atoms with Crippen molar-refractivity contribution in [2.45, 2.75) is 25.4 Å². The third-order valence-electron chi connectivity index (χ3n) is 4.71. The Morgan fingerprint density at radius 2 is 1.96 bits per heavy atom. The molecule has 0 amide bonds. The van der Waals surface area contributed by atoms with Gasteiger partial charge in [0.25, 0.3) is 0 Å². The molecule has 1 aromatic carbocycles. The summed E-state index contributed by atoms with van der Waals surface area (Å²) in [6, 6.07) is 15.9. The van der Waals surface area contributed by atoms with Crippen molar-refractivity contribution in [3.05, 3.63) is 78.1 Å². The van der Waals surface area contributed by atoms with Crippen LogP contribution in [0.5, 0.6) is 0 Å². The van der Waals surface area contributed by atoms with Crippen molar-refractivity contribution in [3.8, 4) is 11.3 Å². The first-order valence-corrected chi connectivity index (χ1v) is 9.42. The van der Waals surface area contributed by atoms with Crippen LogP contribution in [0.2, 0.25) is 0 Å². The Bertz CT molecular complexity index is 926. The van der Waals surface area contributed by atoms with Gasteiger partial charge in [-0.1, -0.05) is 13.0 Å². The van der Waals surface area contributed by atoms with E-state index in [-0.39, 0.29) is 17.9 Å². The highest BCUT2D eigenvalue weighted by molar-refractivity contribution is 7.80. The molecule has 1 N–H and O–H groups in total. The second kappa shape index (κ2) is 7.48. The zero-order chi connectivity index (χ0) is 18.8. The molecule has 138 valence electrons. The number of thiocarbonyl (C=S) groups is 1. The maximum atomic E-state index is 13.2. The van der Waals surface area contributed by atoms with E-state index in [1.807, 2.05) is 30.3 Å². The molecule has 1 aliphatic rings. The number of halogens is 1. The smallest absolute Gasteiger partial charge is 0.170 e. The van der Waals surface area contributed by atoms with E-state index < -0.39 is 0 Å². The first-order chi connectivity index (χ1) is 13.2. The zero-order valence-corrected chi connectivity index (χ0v) is 15.7. The molecule has 3 heterocycles. The van der Waals surface area contributed by atoms with Crippen molar-refractivity contribution in [2.75, 3.05) is 6.54 Å². The van der Waals surface area contributed by atoms with Crippen LogP contribution >= 0.6 is 12.2 Å². The number of pyridine rings is 1. The predicted octanol–water partition coefficient (Wildman–Crippen LogP) is 4.86. The minimum Gasteiger partial charge on any atom is -0.459 e. The monoisotopic (exact) mass is 381 g/mol. The fourth-order valence-corrected chi connectivity index (χ4v) is 3.81. The first-order valence-electron chi connectivity index (χ1n) is 9.01. The van der Waals surface area contributed by atoms with Gasteiger partial charge >= 0.3 is 0 Å². The Hall–Kier alpha value is -2.73. The molecule has 0 bridgehead atoms. The Morgan fingerprint density at radius 1 is 1.15 bits per heavy atom. The summed E-state index contributed by atoms with van der Waals surface area (Å²) in [5.74, 6) is 1.25. The number of aromatic nitrogens is 1. The summed E-state index contributed by atoms with van der Waals surface area (Å²) in [5, 5.41) is 4.10. The van der Waals surface area contributed by atoms with Crippen LogP contribution in [0.4, 0.5) is 4.39 Å². The van der Waals surface area contributed by atoms with E-state index in [1.165, 1.54) is 12.1 Å². The van der Waals surface area contributed by atoms with Gasteiger partial charge in [0, 0.05) is 18.3 Å². The van der Waals surface area contributed by atoms with Gasteiger partial charge < -0.3 is 14.6 Å². The summed E-state index contributed by atoms with van der Waals surface area (Å²) in [4.78, 5) is 6.66.